The lowest BCUT2D eigenvalue weighted by Crippen LogP contribution is -2.44. The molecule has 2 N–H and O–H groups in total. The van der Waals surface area contributed by atoms with Gasteiger partial charge in [0, 0.05) is 16.8 Å². The molecule has 1 aliphatic rings. The van der Waals surface area contributed by atoms with Gasteiger partial charge in [0.25, 0.3) is 5.56 Å². The topological polar surface area (TPSA) is 83.7 Å². The van der Waals surface area contributed by atoms with Gasteiger partial charge in [-0.1, -0.05) is 29.8 Å². The first kappa shape index (κ1) is 21.1. The number of nitrogens with zero attached hydrogens (tertiary/aromatic N) is 1. The molecule has 2 heterocycles. The monoisotopic (exact) mass is 421 g/mol. The molecule has 1 fully saturated rings. The van der Waals surface area contributed by atoms with E-state index < -0.39 is 0 Å². The fourth-order valence-corrected chi connectivity index (χ4v) is 3.71. The Morgan fingerprint density at radius 2 is 2.00 bits per heavy atom. The number of para-hydroxylation sites is 1. The van der Waals surface area contributed by atoms with Crippen LogP contribution in [0.3, 0.4) is 0 Å². The largest absolute Gasteiger partial charge is 0.376 e. The number of urea groups is 1. The van der Waals surface area contributed by atoms with Crippen LogP contribution in [0.15, 0.2) is 53.3 Å². The summed E-state index contributed by atoms with van der Waals surface area (Å²) in [6.45, 7) is 5.89. The van der Waals surface area contributed by atoms with E-state index in [0.717, 1.165) is 27.7 Å². The van der Waals surface area contributed by atoms with Crippen molar-refractivity contribution in [1.29, 1.82) is 0 Å². The number of hydrogen-bond donors (Lipinski definition) is 2. The van der Waals surface area contributed by atoms with Gasteiger partial charge in [0.1, 0.15) is 0 Å². The Bertz CT molecular complexity index is 1140. The van der Waals surface area contributed by atoms with Crippen molar-refractivity contribution in [2.75, 3.05) is 31.7 Å². The molecule has 2 amide bonds. The summed E-state index contributed by atoms with van der Waals surface area (Å²) in [6, 6.07) is 15.0. The van der Waals surface area contributed by atoms with Gasteiger partial charge in [-0.2, -0.15) is 0 Å². The molecule has 162 valence electrons. The molecule has 7 heteroatoms. The Kier molecular flexibility index (Phi) is 6.34. The maximum atomic E-state index is 13.2. The fraction of sp³-hybridized carbons (Fsp3) is 0.333. The highest BCUT2D eigenvalue weighted by Gasteiger charge is 2.23. The summed E-state index contributed by atoms with van der Waals surface area (Å²) in [4.78, 5) is 30.4. The lowest BCUT2D eigenvalue weighted by Gasteiger charge is -2.30. The third-order valence-electron chi connectivity index (χ3n) is 5.42. The average molecular weight is 421 g/mol. The summed E-state index contributed by atoms with van der Waals surface area (Å²) in [6.07, 6.45) is -0.238. The van der Waals surface area contributed by atoms with Crippen molar-refractivity contribution in [3.8, 4) is 0 Å². The molecule has 0 spiro atoms. The number of amides is 2. The van der Waals surface area contributed by atoms with E-state index in [1.165, 1.54) is 0 Å². The molecule has 2 aromatic carbocycles. The molecule has 31 heavy (non-hydrogen) atoms. The average Bonchev–Trinajstić information content (AvgIpc) is 2.76. The number of H-pyrrole nitrogens is 1. The van der Waals surface area contributed by atoms with E-state index in [4.69, 9.17) is 9.47 Å². The van der Waals surface area contributed by atoms with Crippen molar-refractivity contribution >= 4 is 22.6 Å². The molecule has 0 aliphatic carbocycles. The van der Waals surface area contributed by atoms with Crippen LogP contribution in [0.4, 0.5) is 10.5 Å². The van der Waals surface area contributed by atoms with Gasteiger partial charge in [-0.3, -0.25) is 4.79 Å². The third kappa shape index (κ3) is 5.13. The molecule has 4 rings (SSSR count). The minimum atomic E-state index is -0.285. The lowest BCUT2D eigenvalue weighted by atomic mass is 10.1. The van der Waals surface area contributed by atoms with E-state index in [2.05, 4.69) is 10.3 Å². The third-order valence-corrected chi connectivity index (χ3v) is 5.42. The van der Waals surface area contributed by atoms with Gasteiger partial charge in [0.05, 0.1) is 39.0 Å². The minimum absolute atomic E-state index is 0.163. The number of rotatable bonds is 5. The number of ether oxygens (including phenoxy) is 2. The van der Waals surface area contributed by atoms with E-state index in [1.807, 2.05) is 62.4 Å². The zero-order valence-corrected chi connectivity index (χ0v) is 17.8. The summed E-state index contributed by atoms with van der Waals surface area (Å²) < 4.78 is 11.2. The standard InChI is InChI=1S/C24H27N3O4/c1-16-7-8-22-18(11-16)12-19(23(28)25-22)13-27(14-20-15-30-9-10-31-20)24(29)26-21-6-4-3-5-17(21)2/h3-8,11-12,20H,9-10,13-15H2,1-2H3,(H,25,28)(H,26,29)/t20-/m1/s1. The Morgan fingerprint density at radius 1 is 1.16 bits per heavy atom. The first-order valence-electron chi connectivity index (χ1n) is 10.4. The van der Waals surface area contributed by atoms with Crippen molar-refractivity contribution in [2.45, 2.75) is 26.5 Å². The second-order valence-corrected chi connectivity index (χ2v) is 7.91. The number of aryl methyl sites for hydroxylation is 2. The smallest absolute Gasteiger partial charge is 0.322 e. The summed E-state index contributed by atoms with van der Waals surface area (Å²) >= 11 is 0. The zero-order valence-electron chi connectivity index (χ0n) is 17.8. The summed E-state index contributed by atoms with van der Waals surface area (Å²) in [5.74, 6) is 0. The normalized spacial score (nSPS) is 16.3. The van der Waals surface area contributed by atoms with E-state index >= 15 is 0 Å². The molecule has 1 aliphatic heterocycles. The highest BCUT2D eigenvalue weighted by molar-refractivity contribution is 5.90. The number of pyridine rings is 1. The molecule has 7 nitrogen and oxygen atoms in total. The molecule has 0 unspecified atom stereocenters. The number of carbonyl (C=O) groups excluding carboxylic acids is 1. The quantitative estimate of drug-likeness (QED) is 0.659. The fourth-order valence-electron chi connectivity index (χ4n) is 3.71. The van der Waals surface area contributed by atoms with Gasteiger partial charge in [-0.15, -0.1) is 0 Å². The molecule has 0 bridgehead atoms. The molecule has 0 radical (unpaired) electrons. The van der Waals surface area contributed by atoms with Gasteiger partial charge < -0.3 is 24.7 Å². The van der Waals surface area contributed by atoms with Crippen molar-refractivity contribution in [3.63, 3.8) is 0 Å². The van der Waals surface area contributed by atoms with Gasteiger partial charge in [-0.25, -0.2) is 4.79 Å². The van der Waals surface area contributed by atoms with Crippen molar-refractivity contribution in [1.82, 2.24) is 9.88 Å². The van der Waals surface area contributed by atoms with Crippen LogP contribution in [0.2, 0.25) is 0 Å². The number of benzene rings is 2. The number of carbonyl (C=O) groups is 1. The van der Waals surface area contributed by atoms with Crippen molar-refractivity contribution in [3.05, 3.63) is 75.6 Å². The molecule has 3 aromatic rings. The Morgan fingerprint density at radius 3 is 2.77 bits per heavy atom. The number of nitrogens with one attached hydrogen (secondary N) is 2. The highest BCUT2D eigenvalue weighted by atomic mass is 16.6. The van der Waals surface area contributed by atoms with Gasteiger partial charge in [-0.05, 0) is 49.1 Å². The van der Waals surface area contributed by atoms with Crippen LogP contribution in [0.1, 0.15) is 16.7 Å². The molecule has 1 atom stereocenters. The molecular formula is C24H27N3O4. The van der Waals surface area contributed by atoms with Crippen molar-refractivity contribution < 1.29 is 14.3 Å². The van der Waals surface area contributed by atoms with E-state index in [-0.39, 0.29) is 24.2 Å². The van der Waals surface area contributed by atoms with Gasteiger partial charge in [0.15, 0.2) is 0 Å². The molecule has 0 saturated carbocycles. The van der Waals surface area contributed by atoms with Crippen LogP contribution in [0.5, 0.6) is 0 Å². The predicted octanol–water partition coefficient (Wildman–Crippen LogP) is 3.59. The molecular weight excluding hydrogens is 394 g/mol. The number of aromatic nitrogens is 1. The molecule has 1 aromatic heterocycles. The second kappa shape index (κ2) is 9.32. The highest BCUT2D eigenvalue weighted by Crippen LogP contribution is 2.17. The van der Waals surface area contributed by atoms with Crippen molar-refractivity contribution in [2.24, 2.45) is 0 Å². The van der Waals surface area contributed by atoms with Crippen LogP contribution in [-0.4, -0.2) is 48.4 Å². The predicted molar refractivity (Wildman–Crippen MR) is 120 cm³/mol. The van der Waals surface area contributed by atoms with Gasteiger partial charge in [0.2, 0.25) is 0 Å². The Balaban J connectivity index is 1.61. The number of hydrogen-bond acceptors (Lipinski definition) is 4. The SMILES string of the molecule is Cc1ccc2[nH]c(=O)c(CN(C[C@@H]3COCCO3)C(=O)Nc3ccccc3C)cc2c1. The van der Waals surface area contributed by atoms with Crippen LogP contribution < -0.4 is 10.9 Å². The molecule has 1 saturated heterocycles. The van der Waals surface area contributed by atoms with Gasteiger partial charge >= 0.3 is 6.03 Å². The van der Waals surface area contributed by atoms with E-state index in [1.54, 1.807) is 4.90 Å². The number of fused-ring (bicyclic) bond motifs is 1. The van der Waals surface area contributed by atoms with Crippen LogP contribution in [0, 0.1) is 13.8 Å². The van der Waals surface area contributed by atoms with E-state index in [9.17, 15) is 9.59 Å². The summed E-state index contributed by atoms with van der Waals surface area (Å²) in [7, 11) is 0. The van der Waals surface area contributed by atoms with Crippen LogP contribution in [0.25, 0.3) is 10.9 Å². The number of aromatic amines is 1. The Labute approximate surface area is 181 Å². The first-order valence-corrected chi connectivity index (χ1v) is 10.4. The first-order chi connectivity index (χ1) is 15.0. The maximum Gasteiger partial charge on any atom is 0.322 e. The Hall–Kier alpha value is -3.16. The maximum absolute atomic E-state index is 13.2. The summed E-state index contributed by atoms with van der Waals surface area (Å²) in [5.41, 5.74) is 3.90. The van der Waals surface area contributed by atoms with Crippen LogP contribution >= 0.6 is 0 Å². The van der Waals surface area contributed by atoms with E-state index in [0.29, 0.717) is 31.9 Å². The summed E-state index contributed by atoms with van der Waals surface area (Å²) in [5, 5.41) is 3.90. The lowest BCUT2D eigenvalue weighted by molar-refractivity contribution is -0.0943. The zero-order chi connectivity index (χ0) is 21.8. The number of anilines is 1. The second-order valence-electron chi connectivity index (χ2n) is 7.91. The van der Waals surface area contributed by atoms with Crippen LogP contribution in [-0.2, 0) is 16.0 Å². The minimum Gasteiger partial charge on any atom is -0.376 e.